The Bertz CT molecular complexity index is 1000. The van der Waals surface area contributed by atoms with Crippen molar-refractivity contribution in [1.82, 2.24) is 4.98 Å². The van der Waals surface area contributed by atoms with Crippen molar-refractivity contribution in [2.24, 2.45) is 10.9 Å². The van der Waals surface area contributed by atoms with E-state index in [1.807, 2.05) is 0 Å². The van der Waals surface area contributed by atoms with E-state index in [0.29, 0.717) is 33.3 Å². The summed E-state index contributed by atoms with van der Waals surface area (Å²) in [6.07, 6.45) is 0. The molecular formula is C17H14N4O4S. The summed E-state index contributed by atoms with van der Waals surface area (Å²) in [5.74, 6) is 5.83. The Morgan fingerprint density at radius 1 is 1.35 bits per heavy atom. The number of methoxy groups -OCH3 is 1. The van der Waals surface area contributed by atoms with Crippen molar-refractivity contribution in [3.8, 4) is 22.8 Å². The van der Waals surface area contributed by atoms with Gasteiger partial charge in [0.05, 0.1) is 17.7 Å². The quantitative estimate of drug-likeness (QED) is 0.308. The molecule has 0 aliphatic heterocycles. The molecule has 0 amide bonds. The number of non-ortho nitro benzene ring substituents is 1. The normalized spacial score (nSPS) is 11.3. The lowest BCUT2D eigenvalue weighted by molar-refractivity contribution is -0.384. The van der Waals surface area contributed by atoms with Gasteiger partial charge in [-0.25, -0.2) is 4.98 Å². The molecule has 26 heavy (non-hydrogen) atoms. The number of hydrogen-bond donors (Lipinski definition) is 2. The van der Waals surface area contributed by atoms with Crippen molar-refractivity contribution in [2.75, 3.05) is 7.11 Å². The van der Waals surface area contributed by atoms with Gasteiger partial charge in [0.25, 0.3) is 5.69 Å². The molecule has 0 radical (unpaired) electrons. The Labute approximate surface area is 152 Å². The molecule has 0 saturated carbocycles. The zero-order valence-electron chi connectivity index (χ0n) is 13.6. The smallest absolute Gasteiger partial charge is 0.270 e. The van der Waals surface area contributed by atoms with Crippen LogP contribution < -0.4 is 10.6 Å². The zero-order chi connectivity index (χ0) is 18.7. The van der Waals surface area contributed by atoms with Crippen LogP contribution in [-0.2, 0) is 0 Å². The number of thiazole rings is 1. The number of phenols is 1. The van der Waals surface area contributed by atoms with Crippen LogP contribution in [0, 0.1) is 10.1 Å². The fraction of sp³-hybridized carbons (Fsp3) is 0.0588. The van der Waals surface area contributed by atoms with E-state index in [1.54, 1.807) is 29.6 Å². The number of ether oxygens (including phenoxy) is 1. The van der Waals surface area contributed by atoms with E-state index in [4.69, 9.17) is 10.6 Å². The van der Waals surface area contributed by atoms with Gasteiger partial charge in [-0.05, 0) is 18.2 Å². The van der Waals surface area contributed by atoms with E-state index in [2.05, 4.69) is 10.1 Å². The van der Waals surface area contributed by atoms with Crippen molar-refractivity contribution in [3.05, 3.63) is 68.5 Å². The molecule has 8 nitrogen and oxygen atoms in total. The van der Waals surface area contributed by atoms with Crippen LogP contribution in [-0.4, -0.2) is 27.8 Å². The second kappa shape index (κ2) is 7.19. The number of nitrogens with two attached hydrogens (primary N) is 1. The maximum absolute atomic E-state index is 10.9. The third-order valence-corrected chi connectivity index (χ3v) is 4.49. The van der Waals surface area contributed by atoms with Crippen LogP contribution in [0.5, 0.6) is 11.5 Å². The highest BCUT2D eigenvalue weighted by molar-refractivity contribution is 7.12. The zero-order valence-corrected chi connectivity index (χ0v) is 14.4. The van der Waals surface area contributed by atoms with E-state index in [-0.39, 0.29) is 11.4 Å². The third kappa shape index (κ3) is 3.33. The minimum atomic E-state index is -0.452. The fourth-order valence-electron chi connectivity index (χ4n) is 2.37. The number of nitro groups is 1. The Hall–Kier alpha value is -3.46. The molecule has 3 rings (SSSR count). The van der Waals surface area contributed by atoms with Crippen LogP contribution in [0.25, 0.3) is 11.3 Å². The third-order valence-electron chi connectivity index (χ3n) is 3.64. The fourth-order valence-corrected chi connectivity index (χ4v) is 3.22. The van der Waals surface area contributed by atoms with Crippen LogP contribution in [0.3, 0.4) is 0 Å². The molecule has 0 saturated heterocycles. The summed E-state index contributed by atoms with van der Waals surface area (Å²) >= 11 is 1.31. The Morgan fingerprint density at radius 2 is 2.15 bits per heavy atom. The first kappa shape index (κ1) is 17.4. The maximum atomic E-state index is 10.9. The highest BCUT2D eigenvalue weighted by Crippen LogP contribution is 2.30. The van der Waals surface area contributed by atoms with Crippen molar-refractivity contribution in [3.63, 3.8) is 0 Å². The van der Waals surface area contributed by atoms with Crippen LogP contribution in [0.15, 0.2) is 52.9 Å². The second-order valence-electron chi connectivity index (χ2n) is 5.21. The second-order valence-corrected chi connectivity index (χ2v) is 6.07. The SMILES string of the molecule is COc1cc(/C(=N\N)c2nc(-c3cccc([N+](=O)[O-])c3)cs2)ccc1O. The van der Waals surface area contributed by atoms with Gasteiger partial charge in [-0.2, -0.15) is 5.10 Å². The van der Waals surface area contributed by atoms with Gasteiger partial charge in [0.2, 0.25) is 0 Å². The molecule has 0 spiro atoms. The molecule has 0 atom stereocenters. The minimum absolute atomic E-state index is 0.00374. The van der Waals surface area contributed by atoms with Gasteiger partial charge in [-0.3, -0.25) is 10.1 Å². The van der Waals surface area contributed by atoms with Crippen molar-refractivity contribution < 1.29 is 14.8 Å². The van der Waals surface area contributed by atoms with Gasteiger partial charge in [0, 0.05) is 28.6 Å². The first-order valence-electron chi connectivity index (χ1n) is 7.39. The van der Waals surface area contributed by atoms with Gasteiger partial charge in [0.15, 0.2) is 11.5 Å². The monoisotopic (exact) mass is 370 g/mol. The average Bonchev–Trinajstić information content (AvgIpc) is 3.13. The molecule has 0 fully saturated rings. The first-order valence-corrected chi connectivity index (χ1v) is 8.27. The molecule has 3 N–H and O–H groups in total. The number of nitro benzene ring substituents is 1. The number of aromatic nitrogens is 1. The van der Waals surface area contributed by atoms with Crippen LogP contribution in [0.1, 0.15) is 10.6 Å². The molecule has 1 aromatic heterocycles. The molecule has 132 valence electrons. The van der Waals surface area contributed by atoms with Gasteiger partial charge in [-0.15, -0.1) is 11.3 Å². The number of hydrogen-bond acceptors (Lipinski definition) is 8. The predicted octanol–water partition coefficient (Wildman–Crippen LogP) is 3.14. The van der Waals surface area contributed by atoms with Crippen LogP contribution in [0.4, 0.5) is 5.69 Å². The number of phenolic OH excluding ortho intramolecular Hbond substituents is 1. The van der Waals surface area contributed by atoms with Crippen LogP contribution >= 0.6 is 11.3 Å². The van der Waals surface area contributed by atoms with Crippen molar-refractivity contribution in [1.29, 1.82) is 0 Å². The van der Waals surface area contributed by atoms with Gasteiger partial charge >= 0.3 is 0 Å². The molecule has 0 aliphatic rings. The first-order chi connectivity index (χ1) is 12.5. The topological polar surface area (TPSA) is 124 Å². The Morgan fingerprint density at radius 3 is 2.85 bits per heavy atom. The van der Waals surface area contributed by atoms with E-state index in [9.17, 15) is 15.2 Å². The summed E-state index contributed by atoms with van der Waals surface area (Å²) in [7, 11) is 1.45. The summed E-state index contributed by atoms with van der Waals surface area (Å²) in [6, 6.07) is 11.0. The summed E-state index contributed by atoms with van der Waals surface area (Å²) in [5.41, 5.74) is 2.25. The lowest BCUT2D eigenvalue weighted by Crippen LogP contribution is -2.06. The highest BCUT2D eigenvalue weighted by atomic mass is 32.1. The number of benzene rings is 2. The van der Waals surface area contributed by atoms with Gasteiger partial charge in [0.1, 0.15) is 10.7 Å². The van der Waals surface area contributed by atoms with E-state index in [0.717, 1.165) is 0 Å². The van der Waals surface area contributed by atoms with E-state index >= 15 is 0 Å². The van der Waals surface area contributed by atoms with E-state index in [1.165, 1.54) is 36.6 Å². The summed E-state index contributed by atoms with van der Waals surface area (Å²) in [5, 5.41) is 26.8. The van der Waals surface area contributed by atoms with Gasteiger partial charge < -0.3 is 15.7 Å². The molecular weight excluding hydrogens is 356 g/mol. The molecule has 9 heteroatoms. The molecule has 0 aliphatic carbocycles. The molecule has 0 unspecified atom stereocenters. The molecule has 0 bridgehead atoms. The summed E-state index contributed by atoms with van der Waals surface area (Å²) in [6.45, 7) is 0. The Kier molecular flexibility index (Phi) is 4.81. The maximum Gasteiger partial charge on any atom is 0.270 e. The number of hydrazone groups is 1. The number of rotatable bonds is 5. The molecule has 3 aromatic rings. The lowest BCUT2D eigenvalue weighted by atomic mass is 10.1. The Balaban J connectivity index is 1.98. The van der Waals surface area contributed by atoms with Crippen molar-refractivity contribution >= 4 is 22.7 Å². The largest absolute Gasteiger partial charge is 0.504 e. The number of nitrogens with zero attached hydrogens (tertiary/aromatic N) is 3. The highest BCUT2D eigenvalue weighted by Gasteiger charge is 2.16. The molecule has 2 aromatic carbocycles. The summed E-state index contributed by atoms with van der Waals surface area (Å²) < 4.78 is 5.10. The van der Waals surface area contributed by atoms with Gasteiger partial charge in [-0.1, -0.05) is 12.1 Å². The molecule has 1 heterocycles. The van der Waals surface area contributed by atoms with Crippen molar-refractivity contribution in [2.45, 2.75) is 0 Å². The predicted molar refractivity (Wildman–Crippen MR) is 98.7 cm³/mol. The minimum Gasteiger partial charge on any atom is -0.504 e. The van der Waals surface area contributed by atoms with Crippen LogP contribution in [0.2, 0.25) is 0 Å². The lowest BCUT2D eigenvalue weighted by Gasteiger charge is -2.07. The number of aromatic hydroxyl groups is 1. The standard InChI is InChI=1S/C17H14N4O4S/c1-25-15-8-11(5-6-14(15)22)16(20-18)17-19-13(9-26-17)10-3-2-4-12(7-10)21(23)24/h2-9,22H,18H2,1H3/b20-16+. The summed E-state index contributed by atoms with van der Waals surface area (Å²) in [4.78, 5) is 15.0. The average molecular weight is 370 g/mol. The van der Waals surface area contributed by atoms with E-state index < -0.39 is 4.92 Å².